The summed E-state index contributed by atoms with van der Waals surface area (Å²) in [6.45, 7) is 0. The highest BCUT2D eigenvalue weighted by atomic mass is 16.4. The van der Waals surface area contributed by atoms with Crippen LogP contribution in [0.15, 0.2) is 34.2 Å². The molecular weight excluding hydrogens is 224 g/mol. The van der Waals surface area contributed by atoms with Crippen molar-refractivity contribution >= 4 is 29.0 Å². The minimum absolute atomic E-state index is 0.0891. The summed E-state index contributed by atoms with van der Waals surface area (Å²) in [5, 5.41) is 12.2. The van der Waals surface area contributed by atoms with Crippen molar-refractivity contribution in [2.45, 2.75) is 0 Å². The van der Waals surface area contributed by atoms with Crippen molar-refractivity contribution in [3.05, 3.63) is 34.6 Å². The number of H-pyrrole nitrogens is 1. The molecule has 1 heterocycles. The minimum Gasteiger partial charge on any atom is -0.477 e. The van der Waals surface area contributed by atoms with Gasteiger partial charge in [-0.25, -0.2) is 15.2 Å². The molecule has 0 aliphatic rings. The lowest BCUT2D eigenvalue weighted by atomic mass is 10.2. The standard InChI is InChI=1S/C10H8N4O3/c15-8(16)5-11-14-10-12-7-4-2-1-3-6(7)9(17)13-10/h1-5H,(H,15,16)(H2,12,13,14,17)/b11-5+. The lowest BCUT2D eigenvalue weighted by Crippen LogP contribution is -2.11. The number of carboxylic acids is 1. The second-order valence-electron chi connectivity index (χ2n) is 3.14. The number of nitrogens with zero attached hydrogens (tertiary/aromatic N) is 2. The molecule has 7 heteroatoms. The van der Waals surface area contributed by atoms with Crippen molar-refractivity contribution in [2.75, 3.05) is 5.43 Å². The van der Waals surface area contributed by atoms with Gasteiger partial charge in [0, 0.05) is 0 Å². The van der Waals surface area contributed by atoms with Crippen LogP contribution in [0.4, 0.5) is 5.95 Å². The molecule has 2 rings (SSSR count). The molecule has 86 valence electrons. The van der Waals surface area contributed by atoms with E-state index < -0.39 is 5.97 Å². The number of hydrogen-bond acceptors (Lipinski definition) is 5. The van der Waals surface area contributed by atoms with Crippen LogP contribution in [0.1, 0.15) is 0 Å². The summed E-state index contributed by atoms with van der Waals surface area (Å²) < 4.78 is 0. The van der Waals surface area contributed by atoms with Gasteiger partial charge in [0.1, 0.15) is 6.21 Å². The van der Waals surface area contributed by atoms with E-state index in [4.69, 9.17) is 5.11 Å². The maximum atomic E-state index is 11.6. The number of benzene rings is 1. The smallest absolute Gasteiger partial charge is 0.348 e. The van der Waals surface area contributed by atoms with E-state index >= 15 is 0 Å². The summed E-state index contributed by atoms with van der Waals surface area (Å²) in [5.74, 6) is -1.10. The number of hydrazone groups is 1. The quantitative estimate of drug-likeness (QED) is 0.524. The Labute approximate surface area is 94.8 Å². The van der Waals surface area contributed by atoms with Gasteiger partial charge in [-0.15, -0.1) is 0 Å². The van der Waals surface area contributed by atoms with Crippen molar-refractivity contribution in [2.24, 2.45) is 5.10 Å². The summed E-state index contributed by atoms with van der Waals surface area (Å²) in [6.07, 6.45) is 0.662. The Bertz CT molecular complexity index is 647. The highest BCUT2D eigenvalue weighted by molar-refractivity contribution is 6.22. The van der Waals surface area contributed by atoms with E-state index in [0.29, 0.717) is 17.1 Å². The first-order valence-corrected chi connectivity index (χ1v) is 4.68. The van der Waals surface area contributed by atoms with Crippen LogP contribution in [0, 0.1) is 0 Å². The van der Waals surface area contributed by atoms with Gasteiger partial charge in [-0.1, -0.05) is 12.1 Å². The third kappa shape index (κ3) is 2.46. The number of aromatic amines is 1. The van der Waals surface area contributed by atoms with E-state index in [9.17, 15) is 9.59 Å². The normalized spacial score (nSPS) is 10.8. The van der Waals surface area contributed by atoms with Gasteiger partial charge >= 0.3 is 5.97 Å². The summed E-state index contributed by atoms with van der Waals surface area (Å²) in [5.41, 5.74) is 2.52. The van der Waals surface area contributed by atoms with Gasteiger partial charge in [-0.2, -0.15) is 5.10 Å². The first-order valence-electron chi connectivity index (χ1n) is 4.68. The molecule has 3 N–H and O–H groups in total. The van der Waals surface area contributed by atoms with Crippen LogP contribution in [0.5, 0.6) is 0 Å². The summed E-state index contributed by atoms with van der Waals surface area (Å²) >= 11 is 0. The fourth-order valence-electron chi connectivity index (χ4n) is 1.29. The number of rotatable bonds is 3. The molecule has 0 spiro atoms. The number of carbonyl (C=O) groups is 1. The molecule has 0 bridgehead atoms. The Hall–Kier alpha value is -2.70. The Morgan fingerprint density at radius 2 is 2.24 bits per heavy atom. The Balaban J connectivity index is 2.37. The van der Waals surface area contributed by atoms with Crippen LogP contribution < -0.4 is 11.0 Å². The zero-order chi connectivity index (χ0) is 12.3. The second kappa shape index (κ2) is 4.44. The van der Waals surface area contributed by atoms with E-state index in [1.165, 1.54) is 0 Å². The predicted octanol–water partition coefficient (Wildman–Crippen LogP) is 0.405. The van der Waals surface area contributed by atoms with E-state index in [1.807, 2.05) is 0 Å². The maximum absolute atomic E-state index is 11.6. The summed E-state index contributed by atoms with van der Waals surface area (Å²) in [7, 11) is 0. The highest BCUT2D eigenvalue weighted by Gasteiger charge is 2.01. The highest BCUT2D eigenvalue weighted by Crippen LogP contribution is 2.07. The van der Waals surface area contributed by atoms with Gasteiger partial charge in [0.2, 0.25) is 5.95 Å². The van der Waals surface area contributed by atoms with Crippen molar-refractivity contribution in [1.82, 2.24) is 9.97 Å². The van der Waals surface area contributed by atoms with Gasteiger partial charge in [0.15, 0.2) is 0 Å². The fourth-order valence-corrected chi connectivity index (χ4v) is 1.29. The number of hydrogen-bond donors (Lipinski definition) is 3. The number of anilines is 1. The first kappa shape index (κ1) is 10.8. The lowest BCUT2D eigenvalue weighted by Gasteiger charge is -2.00. The zero-order valence-electron chi connectivity index (χ0n) is 8.54. The van der Waals surface area contributed by atoms with E-state index in [-0.39, 0.29) is 11.5 Å². The molecule has 17 heavy (non-hydrogen) atoms. The molecule has 1 aromatic carbocycles. The van der Waals surface area contributed by atoms with Gasteiger partial charge in [0.25, 0.3) is 5.56 Å². The number of nitrogens with one attached hydrogen (secondary N) is 2. The van der Waals surface area contributed by atoms with Gasteiger partial charge in [-0.3, -0.25) is 9.78 Å². The van der Waals surface area contributed by atoms with Crippen molar-refractivity contribution in [1.29, 1.82) is 0 Å². The summed E-state index contributed by atoms with van der Waals surface area (Å²) in [6, 6.07) is 6.80. The Morgan fingerprint density at radius 3 is 3.00 bits per heavy atom. The van der Waals surface area contributed by atoms with Gasteiger partial charge in [-0.05, 0) is 12.1 Å². The molecule has 0 amide bonds. The van der Waals surface area contributed by atoms with Crippen LogP contribution in [0.3, 0.4) is 0 Å². The molecule has 0 saturated heterocycles. The molecule has 7 nitrogen and oxygen atoms in total. The van der Waals surface area contributed by atoms with Crippen molar-refractivity contribution < 1.29 is 9.90 Å². The molecule has 0 aliphatic carbocycles. The third-order valence-corrected chi connectivity index (χ3v) is 1.96. The van der Waals surface area contributed by atoms with E-state index in [2.05, 4.69) is 20.5 Å². The van der Waals surface area contributed by atoms with E-state index in [0.717, 1.165) is 0 Å². The molecule has 0 radical (unpaired) electrons. The molecule has 0 atom stereocenters. The fraction of sp³-hybridized carbons (Fsp3) is 0. The average molecular weight is 232 g/mol. The first-order chi connectivity index (χ1) is 8.16. The Kier molecular flexibility index (Phi) is 2.82. The molecule has 0 saturated carbocycles. The van der Waals surface area contributed by atoms with Crippen LogP contribution in [-0.4, -0.2) is 27.3 Å². The number of aliphatic carboxylic acids is 1. The Morgan fingerprint density at radius 1 is 1.47 bits per heavy atom. The largest absolute Gasteiger partial charge is 0.477 e. The minimum atomic E-state index is -1.19. The van der Waals surface area contributed by atoms with Crippen LogP contribution >= 0.6 is 0 Å². The molecule has 1 aromatic heterocycles. The monoisotopic (exact) mass is 232 g/mol. The second-order valence-corrected chi connectivity index (χ2v) is 3.14. The van der Waals surface area contributed by atoms with Crippen LogP contribution in [-0.2, 0) is 4.79 Å². The number of aromatic nitrogens is 2. The van der Waals surface area contributed by atoms with Crippen LogP contribution in [0.2, 0.25) is 0 Å². The lowest BCUT2D eigenvalue weighted by molar-refractivity contribution is -0.128. The van der Waals surface area contributed by atoms with Gasteiger partial charge in [0.05, 0.1) is 10.9 Å². The molecular formula is C10H8N4O3. The molecule has 0 aliphatic heterocycles. The molecule has 0 fully saturated rings. The van der Waals surface area contributed by atoms with Crippen molar-refractivity contribution in [3.8, 4) is 0 Å². The number of para-hydroxylation sites is 1. The van der Waals surface area contributed by atoms with Crippen LogP contribution in [0.25, 0.3) is 10.9 Å². The average Bonchev–Trinajstić information content (AvgIpc) is 2.28. The predicted molar refractivity (Wildman–Crippen MR) is 62.1 cm³/mol. The van der Waals surface area contributed by atoms with E-state index in [1.54, 1.807) is 24.3 Å². The molecule has 2 aromatic rings. The third-order valence-electron chi connectivity index (χ3n) is 1.96. The number of carboxylic acid groups (broad SMARTS) is 1. The SMILES string of the molecule is O=C(O)/C=N/Nc1nc2ccccc2c(=O)[nH]1. The number of fused-ring (bicyclic) bond motifs is 1. The summed E-state index contributed by atoms with van der Waals surface area (Å²) in [4.78, 5) is 28.3. The van der Waals surface area contributed by atoms with Crippen molar-refractivity contribution in [3.63, 3.8) is 0 Å². The zero-order valence-corrected chi connectivity index (χ0v) is 8.54. The molecule has 0 unspecified atom stereocenters. The maximum Gasteiger partial charge on any atom is 0.348 e. The van der Waals surface area contributed by atoms with Gasteiger partial charge < -0.3 is 5.11 Å². The topological polar surface area (TPSA) is 107 Å².